The van der Waals surface area contributed by atoms with Crippen molar-refractivity contribution in [3.05, 3.63) is 79.0 Å². The molecule has 0 atom stereocenters. The third-order valence-corrected chi connectivity index (χ3v) is 4.58. The van der Waals surface area contributed by atoms with Gasteiger partial charge >= 0.3 is 0 Å². The lowest BCUT2D eigenvalue weighted by atomic mass is 10.1. The van der Waals surface area contributed by atoms with Crippen LogP contribution in [0.15, 0.2) is 73.3 Å². The van der Waals surface area contributed by atoms with Crippen molar-refractivity contribution < 1.29 is 0 Å². The molecular weight excluding hydrogens is 348 g/mol. The van der Waals surface area contributed by atoms with Crippen LogP contribution in [0.5, 0.6) is 0 Å². The van der Waals surface area contributed by atoms with Crippen LogP contribution in [-0.2, 0) is 0 Å². The van der Waals surface area contributed by atoms with Crippen LogP contribution in [0.3, 0.4) is 0 Å². The van der Waals surface area contributed by atoms with Crippen LogP contribution in [0.25, 0.3) is 44.8 Å². The summed E-state index contributed by atoms with van der Waals surface area (Å²) in [5.74, 6) is 0. The first-order valence-electron chi connectivity index (χ1n) is 8.93. The van der Waals surface area contributed by atoms with Crippen molar-refractivity contribution in [3.63, 3.8) is 0 Å². The zero-order valence-electron chi connectivity index (χ0n) is 15.2. The largest absolute Gasteiger partial charge is 0.284 e. The number of nitrogens with zero attached hydrogens (tertiary/aromatic N) is 5. The number of hydrogen-bond donors (Lipinski definition) is 1. The third kappa shape index (κ3) is 2.91. The Morgan fingerprint density at radius 1 is 0.821 bits per heavy atom. The van der Waals surface area contributed by atoms with Gasteiger partial charge in [0.2, 0.25) is 0 Å². The van der Waals surface area contributed by atoms with Gasteiger partial charge in [0.1, 0.15) is 5.69 Å². The van der Waals surface area contributed by atoms with Crippen molar-refractivity contribution in [3.8, 4) is 33.8 Å². The van der Waals surface area contributed by atoms with Crippen molar-refractivity contribution in [1.82, 2.24) is 30.1 Å². The number of nitrogens with one attached hydrogen (secondary N) is 1. The van der Waals surface area contributed by atoms with Crippen molar-refractivity contribution in [1.29, 1.82) is 0 Å². The molecule has 6 heteroatoms. The van der Waals surface area contributed by atoms with Gasteiger partial charge in [0.05, 0.1) is 22.4 Å². The van der Waals surface area contributed by atoms with E-state index in [1.54, 1.807) is 6.20 Å². The van der Waals surface area contributed by atoms with E-state index in [0.717, 1.165) is 50.5 Å². The molecule has 0 amide bonds. The lowest BCUT2D eigenvalue weighted by Gasteiger charge is -2.06. The van der Waals surface area contributed by atoms with Gasteiger partial charge in [0.25, 0.3) is 0 Å². The Hall–Kier alpha value is -3.93. The molecular formula is C22H16N6. The lowest BCUT2D eigenvalue weighted by molar-refractivity contribution is 1.08. The molecule has 1 N–H and O–H groups in total. The Morgan fingerprint density at radius 2 is 1.79 bits per heavy atom. The standard InChI is InChI=1S/C22H16N6/c1-14-4-2-6-20(26-14)22-17(13-25-28-22)18-7-8-19-21(27-18)10-16(12-24-19)15-5-3-9-23-11-15/h2-13H,1H3,(H,25,28). The molecule has 5 heterocycles. The molecule has 0 fully saturated rings. The van der Waals surface area contributed by atoms with E-state index >= 15 is 0 Å². The van der Waals surface area contributed by atoms with Gasteiger partial charge in [-0.15, -0.1) is 0 Å². The van der Waals surface area contributed by atoms with E-state index in [9.17, 15) is 0 Å². The van der Waals surface area contributed by atoms with Crippen LogP contribution in [-0.4, -0.2) is 30.1 Å². The second-order valence-corrected chi connectivity index (χ2v) is 6.51. The van der Waals surface area contributed by atoms with Crippen molar-refractivity contribution in [2.24, 2.45) is 0 Å². The number of aromatic amines is 1. The van der Waals surface area contributed by atoms with Crippen LogP contribution < -0.4 is 0 Å². The number of pyridine rings is 4. The second kappa shape index (κ2) is 6.66. The summed E-state index contributed by atoms with van der Waals surface area (Å²) in [5.41, 5.74) is 7.94. The van der Waals surface area contributed by atoms with Gasteiger partial charge in [-0.2, -0.15) is 5.10 Å². The third-order valence-electron chi connectivity index (χ3n) is 4.58. The lowest BCUT2D eigenvalue weighted by Crippen LogP contribution is -1.92. The quantitative estimate of drug-likeness (QED) is 0.511. The summed E-state index contributed by atoms with van der Waals surface area (Å²) in [4.78, 5) is 18.2. The molecule has 0 aliphatic carbocycles. The minimum absolute atomic E-state index is 0.784. The smallest absolute Gasteiger partial charge is 0.120 e. The van der Waals surface area contributed by atoms with E-state index in [-0.39, 0.29) is 0 Å². The highest BCUT2D eigenvalue weighted by atomic mass is 15.1. The Balaban J connectivity index is 1.62. The predicted molar refractivity (Wildman–Crippen MR) is 108 cm³/mol. The maximum atomic E-state index is 4.84. The van der Waals surface area contributed by atoms with Crippen molar-refractivity contribution in [2.75, 3.05) is 0 Å². The monoisotopic (exact) mass is 364 g/mol. The van der Waals surface area contributed by atoms with Crippen molar-refractivity contribution in [2.45, 2.75) is 6.92 Å². The van der Waals surface area contributed by atoms with Gasteiger partial charge in [0, 0.05) is 47.2 Å². The van der Waals surface area contributed by atoms with Crippen molar-refractivity contribution >= 4 is 11.0 Å². The van der Waals surface area contributed by atoms with Gasteiger partial charge in [0.15, 0.2) is 0 Å². The summed E-state index contributed by atoms with van der Waals surface area (Å²) in [6.45, 7) is 1.97. The minimum atomic E-state index is 0.784. The Labute approximate surface area is 161 Å². The fourth-order valence-electron chi connectivity index (χ4n) is 3.20. The zero-order chi connectivity index (χ0) is 18.9. The predicted octanol–water partition coefficient (Wildman–Crippen LogP) is 4.45. The van der Waals surface area contributed by atoms with Crippen LogP contribution in [0.1, 0.15) is 5.69 Å². The molecule has 6 nitrogen and oxygen atoms in total. The molecule has 0 radical (unpaired) electrons. The summed E-state index contributed by atoms with van der Waals surface area (Å²) in [6.07, 6.45) is 7.28. The molecule has 0 aliphatic heterocycles. The molecule has 0 saturated heterocycles. The summed E-state index contributed by atoms with van der Waals surface area (Å²) in [7, 11) is 0. The molecule has 0 unspecified atom stereocenters. The first kappa shape index (κ1) is 16.3. The molecule has 0 saturated carbocycles. The topological polar surface area (TPSA) is 80.2 Å². The molecule has 0 aromatic carbocycles. The first-order valence-corrected chi connectivity index (χ1v) is 8.93. The fourth-order valence-corrected chi connectivity index (χ4v) is 3.20. The minimum Gasteiger partial charge on any atom is -0.284 e. The Kier molecular flexibility index (Phi) is 3.87. The molecule has 0 spiro atoms. The maximum absolute atomic E-state index is 4.84. The number of hydrogen-bond acceptors (Lipinski definition) is 5. The molecule has 0 bridgehead atoms. The fraction of sp³-hybridized carbons (Fsp3) is 0.0455. The number of rotatable bonds is 3. The second-order valence-electron chi connectivity index (χ2n) is 6.51. The van der Waals surface area contributed by atoms with E-state index in [4.69, 9.17) is 4.98 Å². The number of aromatic nitrogens is 6. The van der Waals surface area contributed by atoms with Crippen LogP contribution >= 0.6 is 0 Å². The van der Waals surface area contributed by atoms with Gasteiger partial charge < -0.3 is 0 Å². The average molecular weight is 364 g/mol. The Morgan fingerprint density at radius 3 is 2.64 bits per heavy atom. The number of aryl methyl sites for hydroxylation is 1. The van der Waals surface area contributed by atoms with Crippen LogP contribution in [0.2, 0.25) is 0 Å². The number of fused-ring (bicyclic) bond motifs is 1. The van der Waals surface area contributed by atoms with Crippen LogP contribution in [0, 0.1) is 6.92 Å². The normalized spacial score (nSPS) is 11.0. The van der Waals surface area contributed by atoms with Gasteiger partial charge in [-0.1, -0.05) is 12.1 Å². The average Bonchev–Trinajstić information content (AvgIpc) is 3.23. The molecule has 5 aromatic rings. The van der Waals surface area contributed by atoms with E-state index in [0.29, 0.717) is 0 Å². The number of H-pyrrole nitrogens is 1. The molecule has 0 aliphatic rings. The molecule has 28 heavy (non-hydrogen) atoms. The van der Waals surface area contributed by atoms with Gasteiger partial charge in [-0.3, -0.25) is 20.1 Å². The highest BCUT2D eigenvalue weighted by Crippen LogP contribution is 2.29. The molecule has 134 valence electrons. The summed E-state index contributed by atoms with van der Waals surface area (Å²) in [5, 5.41) is 7.34. The zero-order valence-corrected chi connectivity index (χ0v) is 15.2. The molecule has 5 rings (SSSR count). The maximum Gasteiger partial charge on any atom is 0.120 e. The summed E-state index contributed by atoms with van der Waals surface area (Å²) >= 11 is 0. The van der Waals surface area contributed by atoms with E-state index < -0.39 is 0 Å². The van der Waals surface area contributed by atoms with Crippen LogP contribution in [0.4, 0.5) is 0 Å². The summed E-state index contributed by atoms with van der Waals surface area (Å²) < 4.78 is 0. The first-order chi connectivity index (χ1) is 13.8. The highest BCUT2D eigenvalue weighted by molar-refractivity contribution is 5.84. The summed E-state index contributed by atoms with van der Waals surface area (Å²) in [6, 6.07) is 15.8. The highest BCUT2D eigenvalue weighted by Gasteiger charge is 2.14. The Bertz CT molecular complexity index is 1280. The van der Waals surface area contributed by atoms with Gasteiger partial charge in [-0.05, 0) is 43.3 Å². The molecule has 5 aromatic heterocycles. The van der Waals surface area contributed by atoms with E-state index in [2.05, 4.69) is 25.1 Å². The SMILES string of the molecule is Cc1cccc(-c2n[nH]cc2-c2ccc3ncc(-c4cccnc4)cc3n2)n1. The van der Waals surface area contributed by atoms with E-state index in [1.807, 2.05) is 74.0 Å². The van der Waals surface area contributed by atoms with E-state index in [1.165, 1.54) is 0 Å². The van der Waals surface area contributed by atoms with Gasteiger partial charge in [-0.25, -0.2) is 4.98 Å².